The largest absolute Gasteiger partial charge is 0.319 e. The van der Waals surface area contributed by atoms with E-state index in [0.717, 1.165) is 18.4 Å². The van der Waals surface area contributed by atoms with Crippen LogP contribution in [0.1, 0.15) is 24.8 Å². The molecule has 1 heterocycles. The van der Waals surface area contributed by atoms with Gasteiger partial charge in [-0.25, -0.2) is 0 Å². The molecule has 1 N–H and O–H groups in total. The molecule has 1 aromatic rings. The molecule has 0 spiro atoms. The van der Waals surface area contributed by atoms with Gasteiger partial charge in [0.25, 0.3) is 0 Å². The summed E-state index contributed by atoms with van der Waals surface area (Å²) in [5.41, 5.74) is 1.92. The van der Waals surface area contributed by atoms with Gasteiger partial charge in [0.05, 0.1) is 6.20 Å². The third-order valence-corrected chi connectivity index (χ3v) is 4.35. The molecular weight excluding hydrogens is 198 g/mol. The second-order valence-electron chi connectivity index (χ2n) is 5.89. The number of hydrogen-bond donors (Lipinski definition) is 1. The highest BCUT2D eigenvalue weighted by Crippen LogP contribution is 2.60. The van der Waals surface area contributed by atoms with Crippen molar-refractivity contribution in [2.45, 2.75) is 25.7 Å². The van der Waals surface area contributed by atoms with Gasteiger partial charge < -0.3 is 5.32 Å². The lowest BCUT2D eigenvalue weighted by Gasteiger charge is -2.30. The normalized spacial score (nSPS) is 36.4. The van der Waals surface area contributed by atoms with Crippen LogP contribution in [0.15, 0.2) is 12.4 Å². The van der Waals surface area contributed by atoms with Gasteiger partial charge in [-0.3, -0.25) is 4.68 Å². The molecule has 3 rings (SSSR count). The van der Waals surface area contributed by atoms with Crippen LogP contribution in [0, 0.1) is 17.3 Å². The molecule has 0 amide bonds. The molecule has 3 nitrogen and oxygen atoms in total. The second kappa shape index (κ2) is 3.59. The number of nitrogens with one attached hydrogen (secondary N) is 1. The van der Waals surface area contributed by atoms with Gasteiger partial charge in [0, 0.05) is 19.8 Å². The summed E-state index contributed by atoms with van der Waals surface area (Å²) in [5, 5.41) is 7.67. The lowest BCUT2D eigenvalue weighted by atomic mass is 9.78. The van der Waals surface area contributed by atoms with Crippen LogP contribution in [0.5, 0.6) is 0 Å². The Morgan fingerprint density at radius 2 is 2.25 bits per heavy atom. The van der Waals surface area contributed by atoms with Crippen LogP contribution < -0.4 is 5.32 Å². The molecular formula is C13H21N3. The summed E-state index contributed by atoms with van der Waals surface area (Å²) in [6, 6.07) is 0. The molecule has 88 valence electrons. The summed E-state index contributed by atoms with van der Waals surface area (Å²) in [4.78, 5) is 0. The highest BCUT2D eigenvalue weighted by molar-refractivity contribution is 5.13. The van der Waals surface area contributed by atoms with Gasteiger partial charge in [-0.1, -0.05) is 0 Å². The maximum atomic E-state index is 4.28. The Balaban J connectivity index is 1.74. The predicted molar refractivity (Wildman–Crippen MR) is 64.1 cm³/mol. The van der Waals surface area contributed by atoms with Crippen molar-refractivity contribution in [1.29, 1.82) is 0 Å². The minimum Gasteiger partial charge on any atom is -0.319 e. The zero-order valence-electron chi connectivity index (χ0n) is 10.2. The third kappa shape index (κ3) is 1.77. The molecule has 2 unspecified atom stereocenters. The van der Waals surface area contributed by atoms with Gasteiger partial charge in [-0.15, -0.1) is 0 Å². The summed E-state index contributed by atoms with van der Waals surface area (Å²) in [6.45, 7) is 1.16. The van der Waals surface area contributed by atoms with Crippen LogP contribution in [-0.2, 0) is 13.5 Å². The van der Waals surface area contributed by atoms with Crippen molar-refractivity contribution in [2.75, 3.05) is 13.6 Å². The number of aromatic nitrogens is 2. The van der Waals surface area contributed by atoms with Crippen LogP contribution >= 0.6 is 0 Å². The van der Waals surface area contributed by atoms with E-state index >= 15 is 0 Å². The van der Waals surface area contributed by atoms with Crippen LogP contribution in [0.3, 0.4) is 0 Å². The second-order valence-corrected chi connectivity index (χ2v) is 5.89. The van der Waals surface area contributed by atoms with E-state index in [1.807, 2.05) is 17.9 Å². The average molecular weight is 219 g/mol. The summed E-state index contributed by atoms with van der Waals surface area (Å²) in [5.74, 6) is 2.09. The van der Waals surface area contributed by atoms with Crippen molar-refractivity contribution >= 4 is 0 Å². The zero-order valence-corrected chi connectivity index (χ0v) is 10.2. The zero-order chi connectivity index (χ0) is 11.2. The quantitative estimate of drug-likeness (QED) is 0.833. The van der Waals surface area contributed by atoms with E-state index in [-0.39, 0.29) is 0 Å². The molecule has 0 bridgehead atoms. The fourth-order valence-corrected chi connectivity index (χ4v) is 3.73. The first kappa shape index (κ1) is 10.3. The molecule has 2 saturated carbocycles. The van der Waals surface area contributed by atoms with Crippen molar-refractivity contribution in [3.63, 3.8) is 0 Å². The summed E-state index contributed by atoms with van der Waals surface area (Å²) < 4.78 is 1.91. The number of rotatable bonds is 4. The molecule has 2 fully saturated rings. The number of hydrogen-bond acceptors (Lipinski definition) is 2. The Kier molecular flexibility index (Phi) is 2.32. The first-order valence-electron chi connectivity index (χ1n) is 6.33. The highest BCUT2D eigenvalue weighted by Gasteiger charge is 2.53. The van der Waals surface area contributed by atoms with Gasteiger partial charge >= 0.3 is 0 Å². The molecule has 2 aliphatic carbocycles. The third-order valence-electron chi connectivity index (χ3n) is 4.35. The van der Waals surface area contributed by atoms with E-state index < -0.39 is 0 Å². The molecule has 0 aliphatic heterocycles. The monoisotopic (exact) mass is 219 g/mol. The Morgan fingerprint density at radius 1 is 1.50 bits per heavy atom. The molecule has 16 heavy (non-hydrogen) atoms. The first-order valence-corrected chi connectivity index (χ1v) is 6.33. The fourth-order valence-electron chi connectivity index (χ4n) is 3.73. The van der Waals surface area contributed by atoms with Crippen molar-refractivity contribution in [3.8, 4) is 0 Å². The van der Waals surface area contributed by atoms with Gasteiger partial charge in [-0.05, 0) is 55.5 Å². The van der Waals surface area contributed by atoms with Crippen molar-refractivity contribution < 1.29 is 0 Å². The SMILES string of the molecule is CNCC1(Cc2cnn(C)c2)CC2CC2C1. The summed E-state index contributed by atoms with van der Waals surface area (Å²) in [7, 11) is 4.08. The number of fused-ring (bicyclic) bond motifs is 1. The smallest absolute Gasteiger partial charge is 0.0521 e. The van der Waals surface area contributed by atoms with Gasteiger partial charge in [0.1, 0.15) is 0 Å². The van der Waals surface area contributed by atoms with E-state index in [1.54, 1.807) is 0 Å². The minimum absolute atomic E-state index is 0.519. The van der Waals surface area contributed by atoms with Gasteiger partial charge in [0.15, 0.2) is 0 Å². The van der Waals surface area contributed by atoms with Crippen LogP contribution in [0.25, 0.3) is 0 Å². The molecule has 0 aromatic carbocycles. The molecule has 0 radical (unpaired) electrons. The highest BCUT2D eigenvalue weighted by atomic mass is 15.2. The van der Waals surface area contributed by atoms with Crippen molar-refractivity contribution in [3.05, 3.63) is 18.0 Å². The summed E-state index contributed by atoms with van der Waals surface area (Å²) >= 11 is 0. The lowest BCUT2D eigenvalue weighted by molar-refractivity contribution is 0.255. The van der Waals surface area contributed by atoms with Crippen molar-refractivity contribution in [1.82, 2.24) is 15.1 Å². The molecule has 2 aliphatic rings. The standard InChI is InChI=1S/C13H21N3/c1-14-9-13(5-11-3-12(11)6-13)4-10-7-15-16(2)8-10/h7-8,11-12,14H,3-6,9H2,1-2H3. The molecule has 0 saturated heterocycles. The van der Waals surface area contributed by atoms with Gasteiger partial charge in [-0.2, -0.15) is 5.10 Å². The Labute approximate surface area is 97.2 Å². The number of nitrogens with zero attached hydrogens (tertiary/aromatic N) is 2. The van der Waals surface area contributed by atoms with Crippen molar-refractivity contribution in [2.24, 2.45) is 24.3 Å². The molecule has 1 aromatic heterocycles. The molecule has 3 heteroatoms. The van der Waals surface area contributed by atoms with E-state index in [1.165, 1.54) is 31.2 Å². The predicted octanol–water partition coefficient (Wildman–Crippen LogP) is 1.60. The van der Waals surface area contributed by atoms with Gasteiger partial charge in [0.2, 0.25) is 0 Å². The Morgan fingerprint density at radius 3 is 2.81 bits per heavy atom. The van der Waals surface area contributed by atoms with Crippen LogP contribution in [-0.4, -0.2) is 23.4 Å². The average Bonchev–Trinajstić information content (AvgIpc) is 2.67. The Bertz CT molecular complexity index is 372. The van der Waals surface area contributed by atoms with Crippen LogP contribution in [0.2, 0.25) is 0 Å². The fraction of sp³-hybridized carbons (Fsp3) is 0.769. The Hall–Kier alpha value is -0.830. The lowest BCUT2D eigenvalue weighted by Crippen LogP contribution is -2.33. The topological polar surface area (TPSA) is 29.9 Å². The maximum absolute atomic E-state index is 4.28. The summed E-state index contributed by atoms with van der Waals surface area (Å²) in [6.07, 6.45) is 9.75. The molecule has 2 atom stereocenters. The van der Waals surface area contributed by atoms with E-state index in [4.69, 9.17) is 0 Å². The maximum Gasteiger partial charge on any atom is 0.0521 e. The van der Waals surface area contributed by atoms with E-state index in [2.05, 4.69) is 23.7 Å². The first-order chi connectivity index (χ1) is 7.71. The number of aryl methyl sites for hydroxylation is 1. The van der Waals surface area contributed by atoms with E-state index in [9.17, 15) is 0 Å². The van der Waals surface area contributed by atoms with E-state index in [0.29, 0.717) is 5.41 Å². The minimum atomic E-state index is 0.519. The van der Waals surface area contributed by atoms with Crippen LogP contribution in [0.4, 0.5) is 0 Å².